The first kappa shape index (κ1) is 20.6. The number of para-hydroxylation sites is 1. The van der Waals surface area contributed by atoms with E-state index in [1.165, 1.54) is 32.1 Å². The van der Waals surface area contributed by atoms with E-state index in [0.29, 0.717) is 31.8 Å². The minimum Gasteiger partial charge on any atom is -0.342 e. The Morgan fingerprint density at radius 3 is 2.67 bits per heavy atom. The first-order valence-electron chi connectivity index (χ1n) is 11.2. The topological polar surface area (TPSA) is 58.4 Å². The fraction of sp³-hybridized carbons (Fsp3) is 0.542. The summed E-state index contributed by atoms with van der Waals surface area (Å²) in [6, 6.07) is 9.95. The summed E-state index contributed by atoms with van der Waals surface area (Å²) in [6.07, 6.45) is 11.2. The number of aromatic nitrogens is 2. The molecule has 1 saturated carbocycles. The molecule has 0 bridgehead atoms. The van der Waals surface area contributed by atoms with Crippen LogP contribution in [0.1, 0.15) is 50.5 Å². The summed E-state index contributed by atoms with van der Waals surface area (Å²) >= 11 is 0. The second-order valence-electron chi connectivity index (χ2n) is 8.86. The molecule has 0 spiro atoms. The summed E-state index contributed by atoms with van der Waals surface area (Å²) in [5, 5.41) is 4.42. The predicted molar refractivity (Wildman–Crippen MR) is 116 cm³/mol. The van der Waals surface area contributed by atoms with Crippen LogP contribution in [0.4, 0.5) is 0 Å². The van der Waals surface area contributed by atoms with Crippen molar-refractivity contribution in [3.8, 4) is 5.69 Å². The van der Waals surface area contributed by atoms with Crippen LogP contribution in [0, 0.1) is 11.8 Å². The molecule has 2 heterocycles. The summed E-state index contributed by atoms with van der Waals surface area (Å²) in [7, 11) is 1.85. The average molecular weight is 409 g/mol. The molecule has 2 aromatic rings. The second kappa shape index (κ2) is 9.45. The Balaban J connectivity index is 1.34. The van der Waals surface area contributed by atoms with E-state index in [9.17, 15) is 9.59 Å². The third-order valence-corrected chi connectivity index (χ3v) is 6.51. The number of piperidine rings is 1. The molecule has 1 atom stereocenters. The Hall–Kier alpha value is -2.63. The zero-order chi connectivity index (χ0) is 20.9. The number of amides is 2. The van der Waals surface area contributed by atoms with Gasteiger partial charge < -0.3 is 9.80 Å². The highest BCUT2D eigenvalue weighted by Crippen LogP contribution is 2.27. The molecule has 2 aliphatic rings. The molecule has 6 heteroatoms. The van der Waals surface area contributed by atoms with Gasteiger partial charge in [-0.3, -0.25) is 9.59 Å². The van der Waals surface area contributed by atoms with Gasteiger partial charge in [-0.25, -0.2) is 4.68 Å². The quantitative estimate of drug-likeness (QED) is 0.733. The number of likely N-dealkylation sites (tertiary alicyclic amines) is 1. The maximum Gasteiger partial charge on any atom is 0.227 e. The highest BCUT2D eigenvalue weighted by Gasteiger charge is 2.33. The van der Waals surface area contributed by atoms with Gasteiger partial charge in [-0.2, -0.15) is 5.10 Å². The number of hydrogen-bond donors (Lipinski definition) is 0. The minimum absolute atomic E-state index is 0.0968. The molecular formula is C24H32N4O2. The van der Waals surface area contributed by atoms with Crippen molar-refractivity contribution in [1.82, 2.24) is 19.6 Å². The maximum atomic E-state index is 13.1. The Morgan fingerprint density at radius 2 is 1.90 bits per heavy atom. The smallest absolute Gasteiger partial charge is 0.227 e. The molecule has 0 radical (unpaired) electrons. The molecule has 30 heavy (non-hydrogen) atoms. The summed E-state index contributed by atoms with van der Waals surface area (Å²) in [5.74, 6) is 0.860. The number of carbonyl (C=O) groups is 2. The van der Waals surface area contributed by atoms with Crippen LogP contribution in [0.25, 0.3) is 5.69 Å². The largest absolute Gasteiger partial charge is 0.342 e. The fourth-order valence-corrected chi connectivity index (χ4v) is 4.80. The molecule has 1 aromatic carbocycles. The molecule has 160 valence electrons. The first-order chi connectivity index (χ1) is 14.6. The summed E-state index contributed by atoms with van der Waals surface area (Å²) < 4.78 is 1.83. The Kier molecular flexibility index (Phi) is 6.50. The van der Waals surface area contributed by atoms with E-state index in [4.69, 9.17) is 0 Å². The molecule has 4 rings (SSSR count). The van der Waals surface area contributed by atoms with Crippen molar-refractivity contribution in [1.29, 1.82) is 0 Å². The van der Waals surface area contributed by atoms with Gasteiger partial charge in [-0.1, -0.05) is 37.5 Å². The van der Waals surface area contributed by atoms with E-state index >= 15 is 0 Å². The molecule has 2 fully saturated rings. The third kappa shape index (κ3) is 4.91. The first-order valence-corrected chi connectivity index (χ1v) is 11.2. The standard InChI is InChI=1S/C24H32N4O2/c1-26(15-20-14-25-28(17-20)22-10-6-3-7-11-22)24(30)21-12-13-23(29)27(18-21)16-19-8-4-2-5-9-19/h3,6-7,10-11,14,17,19,21H,2,4-5,8-9,12-13,15-16,18H2,1H3/t21-/m1/s1. The second-order valence-corrected chi connectivity index (χ2v) is 8.86. The minimum atomic E-state index is -0.0968. The number of carbonyl (C=O) groups excluding carboxylic acids is 2. The lowest BCUT2D eigenvalue weighted by Gasteiger charge is -2.36. The molecule has 1 aliphatic carbocycles. The monoisotopic (exact) mass is 408 g/mol. The van der Waals surface area contributed by atoms with Crippen LogP contribution in [0.2, 0.25) is 0 Å². The lowest BCUT2D eigenvalue weighted by Crippen LogP contribution is -2.47. The number of hydrogen-bond acceptors (Lipinski definition) is 3. The van der Waals surface area contributed by atoms with Gasteiger partial charge in [0.25, 0.3) is 0 Å². The van der Waals surface area contributed by atoms with Crippen molar-refractivity contribution in [2.24, 2.45) is 11.8 Å². The number of nitrogens with zero attached hydrogens (tertiary/aromatic N) is 4. The average Bonchev–Trinajstić information content (AvgIpc) is 3.24. The van der Waals surface area contributed by atoms with E-state index in [0.717, 1.165) is 17.8 Å². The van der Waals surface area contributed by atoms with Crippen LogP contribution in [-0.4, -0.2) is 51.5 Å². The van der Waals surface area contributed by atoms with Crippen LogP contribution in [0.15, 0.2) is 42.7 Å². The Morgan fingerprint density at radius 1 is 1.13 bits per heavy atom. The molecule has 1 aliphatic heterocycles. The molecule has 0 N–H and O–H groups in total. The van der Waals surface area contributed by atoms with Crippen molar-refractivity contribution in [3.05, 3.63) is 48.3 Å². The summed E-state index contributed by atoms with van der Waals surface area (Å²) in [5.41, 5.74) is 2.00. The SMILES string of the molecule is CN(Cc1cnn(-c2ccccc2)c1)C(=O)[C@@H]1CCC(=O)N(CC2CCCCC2)C1. The van der Waals surface area contributed by atoms with E-state index in [2.05, 4.69) is 5.10 Å². The normalized spacial score (nSPS) is 20.4. The highest BCUT2D eigenvalue weighted by atomic mass is 16.2. The number of rotatable bonds is 6. The van der Waals surface area contributed by atoms with Gasteiger partial charge in [-0.05, 0) is 37.3 Å². The molecule has 1 saturated heterocycles. The molecule has 6 nitrogen and oxygen atoms in total. The lowest BCUT2D eigenvalue weighted by molar-refractivity contribution is -0.143. The Labute approximate surface area is 178 Å². The van der Waals surface area contributed by atoms with Gasteiger partial charge in [0.2, 0.25) is 11.8 Å². The van der Waals surface area contributed by atoms with Gasteiger partial charge >= 0.3 is 0 Å². The number of benzene rings is 1. The van der Waals surface area contributed by atoms with Crippen molar-refractivity contribution >= 4 is 11.8 Å². The highest BCUT2D eigenvalue weighted by molar-refractivity contribution is 5.83. The van der Waals surface area contributed by atoms with Crippen molar-refractivity contribution in [2.45, 2.75) is 51.5 Å². The van der Waals surface area contributed by atoms with Crippen LogP contribution >= 0.6 is 0 Å². The van der Waals surface area contributed by atoms with Crippen molar-refractivity contribution in [2.75, 3.05) is 20.1 Å². The van der Waals surface area contributed by atoms with Crippen molar-refractivity contribution < 1.29 is 9.59 Å². The van der Waals surface area contributed by atoms with E-state index in [1.54, 1.807) is 4.90 Å². The Bertz CT molecular complexity index is 857. The zero-order valence-electron chi connectivity index (χ0n) is 17.9. The predicted octanol–water partition coefficient (Wildman–Crippen LogP) is 3.65. The molecule has 0 unspecified atom stereocenters. The fourth-order valence-electron chi connectivity index (χ4n) is 4.80. The van der Waals surface area contributed by atoms with Crippen LogP contribution in [0.5, 0.6) is 0 Å². The van der Waals surface area contributed by atoms with E-state index in [1.807, 2.05) is 59.4 Å². The lowest BCUT2D eigenvalue weighted by atomic mass is 9.87. The van der Waals surface area contributed by atoms with E-state index < -0.39 is 0 Å². The van der Waals surface area contributed by atoms with Gasteiger partial charge in [-0.15, -0.1) is 0 Å². The maximum absolute atomic E-state index is 13.1. The van der Waals surface area contributed by atoms with Crippen LogP contribution < -0.4 is 0 Å². The summed E-state index contributed by atoms with van der Waals surface area (Å²) in [6.45, 7) is 1.93. The molecule has 1 aromatic heterocycles. The summed E-state index contributed by atoms with van der Waals surface area (Å²) in [4.78, 5) is 29.3. The van der Waals surface area contributed by atoms with Gasteiger partial charge in [0, 0.05) is 44.9 Å². The zero-order valence-corrected chi connectivity index (χ0v) is 17.9. The van der Waals surface area contributed by atoms with Gasteiger partial charge in [0.15, 0.2) is 0 Å². The molecular weight excluding hydrogens is 376 g/mol. The molecule has 2 amide bonds. The third-order valence-electron chi connectivity index (χ3n) is 6.51. The van der Waals surface area contributed by atoms with Crippen LogP contribution in [0.3, 0.4) is 0 Å². The van der Waals surface area contributed by atoms with E-state index in [-0.39, 0.29) is 17.7 Å². The van der Waals surface area contributed by atoms with Gasteiger partial charge in [0.05, 0.1) is 17.8 Å². The van der Waals surface area contributed by atoms with Crippen LogP contribution in [-0.2, 0) is 16.1 Å². The van der Waals surface area contributed by atoms with Gasteiger partial charge in [0.1, 0.15) is 0 Å². The van der Waals surface area contributed by atoms with Crippen molar-refractivity contribution in [3.63, 3.8) is 0 Å².